The van der Waals surface area contributed by atoms with Gasteiger partial charge in [0.05, 0.1) is 54.4 Å². The van der Waals surface area contributed by atoms with E-state index >= 15 is 0 Å². The minimum atomic E-state index is -4.56. The highest BCUT2D eigenvalue weighted by Gasteiger charge is 2.32. The van der Waals surface area contributed by atoms with Crippen LogP contribution in [0.3, 0.4) is 0 Å². The Kier molecular flexibility index (Phi) is 8.88. The molecule has 0 bridgehead atoms. The molecule has 0 unspecified atom stereocenters. The van der Waals surface area contributed by atoms with Crippen LogP contribution in [0.1, 0.15) is 27.0 Å². The monoisotopic (exact) mass is 559 g/mol. The van der Waals surface area contributed by atoms with Gasteiger partial charge in [-0.3, -0.25) is 15.0 Å². The standard InChI is InChI=1S/C24H25ClF3N3O5S/c1-34-6-7-36-13-15-8-16(24(26,27)28)10-19-20(15)29-23(37-19)30-22(33)18-11-17(25)9-14(21(18)32)12-31-2-4-35-5-3-31/h8-11,32H,2-7,12-13H2,1H3,(H,29,30,33). The van der Waals surface area contributed by atoms with Crippen LogP contribution >= 0.6 is 22.9 Å². The van der Waals surface area contributed by atoms with Gasteiger partial charge in [0.15, 0.2) is 5.13 Å². The lowest BCUT2D eigenvalue weighted by Crippen LogP contribution is -2.35. The van der Waals surface area contributed by atoms with Crippen LogP contribution in [0.5, 0.6) is 5.75 Å². The van der Waals surface area contributed by atoms with Gasteiger partial charge in [-0.25, -0.2) is 4.98 Å². The summed E-state index contributed by atoms with van der Waals surface area (Å²) >= 11 is 7.12. The number of hydrogen-bond acceptors (Lipinski definition) is 8. The number of benzene rings is 2. The smallest absolute Gasteiger partial charge is 0.416 e. The van der Waals surface area contributed by atoms with E-state index in [1.165, 1.54) is 13.2 Å². The molecule has 200 valence electrons. The topological polar surface area (TPSA) is 93.2 Å². The van der Waals surface area contributed by atoms with E-state index in [2.05, 4.69) is 15.2 Å². The number of halogens is 4. The summed E-state index contributed by atoms with van der Waals surface area (Å²) in [5.41, 5.74) is 0.0977. The Hall–Kier alpha value is -2.48. The number of amides is 1. The number of thiazole rings is 1. The van der Waals surface area contributed by atoms with E-state index in [9.17, 15) is 23.1 Å². The molecule has 3 aromatic rings. The van der Waals surface area contributed by atoms with Gasteiger partial charge in [-0.05, 0) is 24.3 Å². The van der Waals surface area contributed by atoms with Gasteiger partial charge in [0.1, 0.15) is 5.75 Å². The fraction of sp³-hybridized carbons (Fsp3) is 0.417. The number of alkyl halides is 3. The van der Waals surface area contributed by atoms with Crippen molar-refractivity contribution >= 4 is 44.2 Å². The lowest BCUT2D eigenvalue weighted by molar-refractivity contribution is -0.137. The second kappa shape index (κ2) is 11.9. The summed E-state index contributed by atoms with van der Waals surface area (Å²) in [7, 11) is 1.49. The zero-order valence-electron chi connectivity index (χ0n) is 19.9. The Balaban J connectivity index is 1.59. The first-order chi connectivity index (χ1) is 17.7. The van der Waals surface area contributed by atoms with Gasteiger partial charge >= 0.3 is 6.18 Å². The fourth-order valence-electron chi connectivity index (χ4n) is 3.86. The molecular formula is C24H25ClF3N3O5S. The summed E-state index contributed by atoms with van der Waals surface area (Å²) in [5, 5.41) is 13.7. The van der Waals surface area contributed by atoms with Gasteiger partial charge in [0, 0.05) is 42.9 Å². The number of morpholine rings is 1. The molecule has 1 aromatic heterocycles. The second-order valence-corrected chi connectivity index (χ2v) is 9.82. The molecule has 0 spiro atoms. The molecule has 1 fully saturated rings. The van der Waals surface area contributed by atoms with Crippen LogP contribution in [-0.4, -0.2) is 67.5 Å². The summed E-state index contributed by atoms with van der Waals surface area (Å²) in [6.07, 6.45) is -4.56. The first-order valence-electron chi connectivity index (χ1n) is 11.4. The second-order valence-electron chi connectivity index (χ2n) is 8.35. The van der Waals surface area contributed by atoms with Gasteiger partial charge in [-0.15, -0.1) is 0 Å². The van der Waals surface area contributed by atoms with Gasteiger partial charge in [0.25, 0.3) is 5.91 Å². The lowest BCUT2D eigenvalue weighted by atomic mass is 10.1. The van der Waals surface area contributed by atoms with Crippen molar-refractivity contribution in [2.75, 3.05) is 51.9 Å². The maximum Gasteiger partial charge on any atom is 0.416 e. The van der Waals surface area contributed by atoms with Crippen LogP contribution in [0, 0.1) is 0 Å². The van der Waals surface area contributed by atoms with Crippen LogP contribution in [0.25, 0.3) is 10.2 Å². The molecular weight excluding hydrogens is 535 g/mol. The molecule has 1 amide bonds. The number of carbonyl (C=O) groups excluding carboxylic acids is 1. The van der Waals surface area contributed by atoms with Crippen molar-refractivity contribution in [1.29, 1.82) is 0 Å². The number of anilines is 1. The van der Waals surface area contributed by atoms with Crippen LogP contribution in [-0.2, 0) is 33.5 Å². The van der Waals surface area contributed by atoms with Gasteiger partial charge in [0.2, 0.25) is 0 Å². The van der Waals surface area contributed by atoms with Crippen molar-refractivity contribution in [3.8, 4) is 5.75 Å². The molecule has 0 atom stereocenters. The molecule has 2 N–H and O–H groups in total. The van der Waals surface area contributed by atoms with Crippen LogP contribution in [0.15, 0.2) is 24.3 Å². The minimum absolute atomic E-state index is 0.0610. The SMILES string of the molecule is COCCOCc1cc(C(F)(F)F)cc2sc(NC(=O)c3cc(Cl)cc(CN4CCOCC4)c3O)nc12. The van der Waals surface area contributed by atoms with Crippen molar-refractivity contribution in [3.05, 3.63) is 51.5 Å². The van der Waals surface area contributed by atoms with Gasteiger partial charge in [-0.2, -0.15) is 13.2 Å². The number of ether oxygens (including phenoxy) is 3. The Labute approximate surface area is 219 Å². The molecule has 2 aromatic carbocycles. The Bertz CT molecular complexity index is 1260. The number of aromatic hydroxyl groups is 1. The first kappa shape index (κ1) is 27.6. The van der Waals surface area contributed by atoms with Crippen LogP contribution in [0.2, 0.25) is 5.02 Å². The zero-order chi connectivity index (χ0) is 26.6. The average Bonchev–Trinajstić information content (AvgIpc) is 3.26. The van der Waals surface area contributed by atoms with Gasteiger partial charge < -0.3 is 19.3 Å². The maximum absolute atomic E-state index is 13.5. The van der Waals surface area contributed by atoms with Crippen molar-refractivity contribution in [2.24, 2.45) is 0 Å². The number of nitrogens with zero attached hydrogens (tertiary/aromatic N) is 2. The number of carbonyl (C=O) groups is 1. The molecule has 13 heteroatoms. The third-order valence-electron chi connectivity index (χ3n) is 5.71. The maximum atomic E-state index is 13.5. The van der Waals surface area contributed by atoms with E-state index < -0.39 is 17.6 Å². The van der Waals surface area contributed by atoms with E-state index in [1.54, 1.807) is 6.07 Å². The molecule has 1 saturated heterocycles. The van der Waals surface area contributed by atoms with Crippen molar-refractivity contribution in [1.82, 2.24) is 9.88 Å². The highest BCUT2D eigenvalue weighted by molar-refractivity contribution is 7.22. The minimum Gasteiger partial charge on any atom is -0.507 e. The molecule has 1 aliphatic heterocycles. The van der Waals surface area contributed by atoms with E-state index in [0.717, 1.165) is 23.5 Å². The number of methoxy groups -OCH3 is 1. The summed E-state index contributed by atoms with van der Waals surface area (Å²) in [4.78, 5) is 19.5. The normalized spacial score (nSPS) is 14.8. The molecule has 1 aliphatic rings. The first-order valence-corrected chi connectivity index (χ1v) is 12.6. The predicted molar refractivity (Wildman–Crippen MR) is 133 cm³/mol. The highest BCUT2D eigenvalue weighted by atomic mass is 35.5. The largest absolute Gasteiger partial charge is 0.507 e. The number of hydrogen-bond donors (Lipinski definition) is 2. The third kappa shape index (κ3) is 6.89. The quantitative estimate of drug-likeness (QED) is 0.359. The number of rotatable bonds is 9. The van der Waals surface area contributed by atoms with Crippen LogP contribution < -0.4 is 5.32 Å². The summed E-state index contributed by atoms with van der Waals surface area (Å²) in [5.74, 6) is -0.905. The zero-order valence-corrected chi connectivity index (χ0v) is 21.4. The molecule has 8 nitrogen and oxygen atoms in total. The van der Waals surface area contributed by atoms with E-state index in [1.807, 2.05) is 0 Å². The predicted octanol–water partition coefficient (Wildman–Crippen LogP) is 4.92. The van der Waals surface area contributed by atoms with Crippen molar-refractivity contribution < 1.29 is 37.3 Å². The van der Waals surface area contributed by atoms with E-state index in [0.29, 0.717) is 38.4 Å². The molecule has 37 heavy (non-hydrogen) atoms. The Morgan fingerprint density at radius 2 is 1.97 bits per heavy atom. The summed E-state index contributed by atoms with van der Waals surface area (Å²) in [6, 6.07) is 4.90. The number of fused-ring (bicyclic) bond motifs is 1. The molecule has 4 rings (SSSR count). The van der Waals surface area contributed by atoms with Crippen molar-refractivity contribution in [2.45, 2.75) is 19.3 Å². The number of aromatic nitrogens is 1. The Morgan fingerprint density at radius 1 is 1.22 bits per heavy atom. The molecule has 2 heterocycles. The molecule has 0 aliphatic carbocycles. The fourth-order valence-corrected chi connectivity index (χ4v) is 5.05. The van der Waals surface area contributed by atoms with E-state index in [-0.39, 0.29) is 57.1 Å². The molecule has 0 radical (unpaired) electrons. The third-order valence-corrected chi connectivity index (χ3v) is 6.84. The number of phenolic OH excluding ortho intramolecular Hbond substituents is 1. The van der Waals surface area contributed by atoms with Crippen molar-refractivity contribution in [3.63, 3.8) is 0 Å². The van der Waals surface area contributed by atoms with Gasteiger partial charge in [-0.1, -0.05) is 22.9 Å². The number of nitrogens with one attached hydrogen (secondary N) is 1. The lowest BCUT2D eigenvalue weighted by Gasteiger charge is -2.27. The molecule has 0 saturated carbocycles. The average molecular weight is 560 g/mol. The number of phenols is 1. The summed E-state index contributed by atoms with van der Waals surface area (Å²) < 4.78 is 56.3. The Morgan fingerprint density at radius 3 is 2.68 bits per heavy atom. The van der Waals surface area contributed by atoms with Crippen LogP contribution in [0.4, 0.5) is 18.3 Å². The van der Waals surface area contributed by atoms with E-state index in [4.69, 9.17) is 25.8 Å². The highest BCUT2D eigenvalue weighted by Crippen LogP contribution is 2.37. The summed E-state index contributed by atoms with van der Waals surface area (Å²) in [6.45, 7) is 3.25.